The molecule has 3 unspecified atom stereocenters. The van der Waals surface area contributed by atoms with E-state index >= 15 is 0 Å². The number of morpholine rings is 1. The SMILES string of the molecule is CC(CN1CCOCC1)NC(=O)C1CCCC1C(=O)O. The summed E-state index contributed by atoms with van der Waals surface area (Å²) in [4.78, 5) is 25.6. The highest BCUT2D eigenvalue weighted by atomic mass is 16.5. The predicted molar refractivity (Wildman–Crippen MR) is 73.3 cm³/mol. The van der Waals surface area contributed by atoms with Gasteiger partial charge in [0, 0.05) is 25.7 Å². The van der Waals surface area contributed by atoms with Gasteiger partial charge in [-0.1, -0.05) is 6.42 Å². The van der Waals surface area contributed by atoms with Crippen LogP contribution in [0.25, 0.3) is 0 Å². The molecule has 1 heterocycles. The molecular weight excluding hydrogens is 260 g/mol. The molecule has 2 rings (SSSR count). The number of hydrogen-bond acceptors (Lipinski definition) is 4. The first-order valence-electron chi connectivity index (χ1n) is 7.41. The fourth-order valence-corrected chi connectivity index (χ4v) is 3.14. The van der Waals surface area contributed by atoms with E-state index < -0.39 is 11.9 Å². The summed E-state index contributed by atoms with van der Waals surface area (Å²) in [5.74, 6) is -1.82. The van der Waals surface area contributed by atoms with E-state index in [4.69, 9.17) is 9.84 Å². The third kappa shape index (κ3) is 3.93. The van der Waals surface area contributed by atoms with Gasteiger partial charge in [-0.25, -0.2) is 0 Å². The zero-order valence-electron chi connectivity index (χ0n) is 12.0. The Balaban J connectivity index is 1.79. The van der Waals surface area contributed by atoms with Crippen LogP contribution < -0.4 is 5.32 Å². The van der Waals surface area contributed by atoms with Crippen LogP contribution in [0, 0.1) is 11.8 Å². The summed E-state index contributed by atoms with van der Waals surface area (Å²) in [5, 5.41) is 12.1. The Labute approximate surface area is 119 Å². The van der Waals surface area contributed by atoms with Gasteiger partial charge >= 0.3 is 5.97 Å². The lowest BCUT2D eigenvalue weighted by Gasteiger charge is -2.30. The molecule has 114 valence electrons. The molecule has 1 saturated carbocycles. The average Bonchev–Trinajstić information content (AvgIpc) is 2.89. The number of nitrogens with one attached hydrogen (secondary N) is 1. The van der Waals surface area contributed by atoms with Gasteiger partial charge in [-0.3, -0.25) is 14.5 Å². The Morgan fingerprint density at radius 3 is 2.60 bits per heavy atom. The number of carbonyl (C=O) groups is 2. The summed E-state index contributed by atoms with van der Waals surface area (Å²) in [7, 11) is 0. The van der Waals surface area contributed by atoms with Crippen LogP contribution in [0.3, 0.4) is 0 Å². The third-order valence-corrected chi connectivity index (χ3v) is 4.19. The molecule has 6 nitrogen and oxygen atoms in total. The summed E-state index contributed by atoms with van der Waals surface area (Å²) in [5.41, 5.74) is 0. The van der Waals surface area contributed by atoms with Gasteiger partial charge in [0.2, 0.25) is 5.91 Å². The summed E-state index contributed by atoms with van der Waals surface area (Å²) in [6.45, 7) is 6.02. The Hall–Kier alpha value is -1.14. The quantitative estimate of drug-likeness (QED) is 0.760. The maximum absolute atomic E-state index is 12.2. The van der Waals surface area contributed by atoms with Gasteiger partial charge in [0.1, 0.15) is 0 Å². The minimum absolute atomic E-state index is 0.0376. The van der Waals surface area contributed by atoms with Crippen molar-refractivity contribution in [2.75, 3.05) is 32.8 Å². The molecule has 1 amide bonds. The maximum atomic E-state index is 12.2. The molecule has 1 aliphatic heterocycles. The maximum Gasteiger partial charge on any atom is 0.307 e. The highest BCUT2D eigenvalue weighted by Crippen LogP contribution is 2.32. The van der Waals surface area contributed by atoms with Crippen molar-refractivity contribution in [3.8, 4) is 0 Å². The van der Waals surface area contributed by atoms with Gasteiger partial charge in [0.05, 0.1) is 25.0 Å². The van der Waals surface area contributed by atoms with Crippen molar-refractivity contribution < 1.29 is 19.4 Å². The zero-order valence-corrected chi connectivity index (χ0v) is 12.0. The number of rotatable bonds is 5. The minimum Gasteiger partial charge on any atom is -0.481 e. The minimum atomic E-state index is -0.844. The van der Waals surface area contributed by atoms with E-state index in [-0.39, 0.29) is 17.9 Å². The summed E-state index contributed by atoms with van der Waals surface area (Å²) in [6.07, 6.45) is 2.13. The lowest BCUT2D eigenvalue weighted by Crippen LogP contribution is -2.48. The van der Waals surface area contributed by atoms with Crippen LogP contribution in [-0.2, 0) is 14.3 Å². The van der Waals surface area contributed by atoms with Crippen LogP contribution in [0.4, 0.5) is 0 Å². The number of carbonyl (C=O) groups excluding carboxylic acids is 1. The summed E-state index contributed by atoms with van der Waals surface area (Å²) < 4.78 is 5.29. The van der Waals surface area contributed by atoms with Gasteiger partial charge in [-0.15, -0.1) is 0 Å². The first-order chi connectivity index (χ1) is 9.58. The molecular formula is C14H24N2O4. The molecule has 3 atom stereocenters. The molecule has 0 aromatic rings. The number of amides is 1. The van der Waals surface area contributed by atoms with Crippen LogP contribution in [0.1, 0.15) is 26.2 Å². The lowest BCUT2D eigenvalue weighted by molar-refractivity contribution is -0.146. The van der Waals surface area contributed by atoms with E-state index in [9.17, 15) is 9.59 Å². The van der Waals surface area contributed by atoms with Gasteiger partial charge in [-0.2, -0.15) is 0 Å². The fraction of sp³-hybridized carbons (Fsp3) is 0.857. The molecule has 6 heteroatoms. The fourth-order valence-electron chi connectivity index (χ4n) is 3.14. The Morgan fingerprint density at radius 1 is 1.30 bits per heavy atom. The molecule has 0 aromatic carbocycles. The number of hydrogen-bond donors (Lipinski definition) is 2. The standard InChI is InChI=1S/C14H24N2O4/c1-10(9-16-5-7-20-8-6-16)15-13(17)11-3-2-4-12(11)14(18)19/h10-12H,2-9H2,1H3,(H,15,17)(H,18,19). The van der Waals surface area contributed by atoms with Crippen LogP contribution in [-0.4, -0.2) is 60.8 Å². The molecule has 2 N–H and O–H groups in total. The van der Waals surface area contributed by atoms with Gasteiger partial charge in [0.15, 0.2) is 0 Å². The number of carboxylic acids is 1. The highest BCUT2D eigenvalue weighted by Gasteiger charge is 2.38. The van der Waals surface area contributed by atoms with Crippen molar-refractivity contribution in [3.05, 3.63) is 0 Å². The molecule has 1 saturated heterocycles. The third-order valence-electron chi connectivity index (χ3n) is 4.19. The molecule has 0 radical (unpaired) electrons. The van der Waals surface area contributed by atoms with Crippen molar-refractivity contribution in [3.63, 3.8) is 0 Å². The van der Waals surface area contributed by atoms with Crippen molar-refractivity contribution in [2.24, 2.45) is 11.8 Å². The van der Waals surface area contributed by atoms with E-state index in [1.807, 2.05) is 6.92 Å². The van der Waals surface area contributed by atoms with Crippen molar-refractivity contribution >= 4 is 11.9 Å². The van der Waals surface area contributed by atoms with Crippen LogP contribution in [0.15, 0.2) is 0 Å². The first kappa shape index (κ1) is 15.3. The van der Waals surface area contributed by atoms with Crippen molar-refractivity contribution in [2.45, 2.75) is 32.2 Å². The smallest absolute Gasteiger partial charge is 0.307 e. The van der Waals surface area contributed by atoms with Crippen molar-refractivity contribution in [1.29, 1.82) is 0 Å². The average molecular weight is 284 g/mol. The van der Waals surface area contributed by atoms with Crippen LogP contribution in [0.2, 0.25) is 0 Å². The topological polar surface area (TPSA) is 78.9 Å². The number of ether oxygens (including phenoxy) is 1. The van der Waals surface area contributed by atoms with E-state index in [1.54, 1.807) is 0 Å². The molecule has 0 spiro atoms. The van der Waals surface area contributed by atoms with Gasteiger partial charge in [-0.05, 0) is 19.8 Å². The second-order valence-electron chi connectivity index (χ2n) is 5.80. The van der Waals surface area contributed by atoms with Gasteiger partial charge < -0.3 is 15.2 Å². The first-order valence-corrected chi connectivity index (χ1v) is 7.41. The number of aliphatic carboxylic acids is 1. The van der Waals surface area contributed by atoms with Crippen molar-refractivity contribution in [1.82, 2.24) is 10.2 Å². The molecule has 2 aliphatic rings. The highest BCUT2D eigenvalue weighted by molar-refractivity contribution is 5.85. The van der Waals surface area contributed by atoms with Crippen LogP contribution in [0.5, 0.6) is 0 Å². The number of carboxylic acid groups (broad SMARTS) is 1. The van der Waals surface area contributed by atoms with E-state index in [1.165, 1.54) is 0 Å². The summed E-state index contributed by atoms with van der Waals surface area (Å²) in [6, 6.07) is 0.0376. The second-order valence-corrected chi connectivity index (χ2v) is 5.80. The Kier molecular flexibility index (Phi) is 5.37. The Bertz CT molecular complexity index is 355. The largest absolute Gasteiger partial charge is 0.481 e. The second kappa shape index (κ2) is 7.04. The monoisotopic (exact) mass is 284 g/mol. The molecule has 0 bridgehead atoms. The molecule has 2 fully saturated rings. The summed E-state index contributed by atoms with van der Waals surface area (Å²) >= 11 is 0. The Morgan fingerprint density at radius 2 is 1.95 bits per heavy atom. The number of nitrogens with zero attached hydrogens (tertiary/aromatic N) is 1. The van der Waals surface area contributed by atoms with Gasteiger partial charge in [0.25, 0.3) is 0 Å². The lowest BCUT2D eigenvalue weighted by atomic mass is 9.95. The zero-order chi connectivity index (χ0) is 14.5. The predicted octanol–water partition coefficient (Wildman–Crippen LogP) is 0.324. The normalized spacial score (nSPS) is 29.1. The van der Waals surface area contributed by atoms with E-state index in [0.29, 0.717) is 12.8 Å². The van der Waals surface area contributed by atoms with Crippen LogP contribution >= 0.6 is 0 Å². The molecule has 0 aromatic heterocycles. The van der Waals surface area contributed by atoms with E-state index in [0.717, 1.165) is 39.3 Å². The van der Waals surface area contributed by atoms with E-state index in [2.05, 4.69) is 10.2 Å². The molecule has 20 heavy (non-hydrogen) atoms. The molecule has 1 aliphatic carbocycles.